The Hall–Kier alpha value is -2.56. The van der Waals surface area contributed by atoms with Gasteiger partial charge in [0.15, 0.2) is 0 Å². The van der Waals surface area contributed by atoms with Gasteiger partial charge in [0.25, 0.3) is 0 Å². The SMILES string of the molecule is CN(C(=O)OC(C)(C)C)C1(COc2cncc(-c3ccccc3)c2)CC1. The van der Waals surface area contributed by atoms with Crippen LogP contribution in [0.1, 0.15) is 33.6 Å². The fourth-order valence-electron chi connectivity index (χ4n) is 2.75. The number of benzene rings is 1. The van der Waals surface area contributed by atoms with E-state index in [0.717, 1.165) is 24.0 Å². The van der Waals surface area contributed by atoms with Gasteiger partial charge in [0, 0.05) is 18.8 Å². The Morgan fingerprint density at radius 1 is 1.15 bits per heavy atom. The van der Waals surface area contributed by atoms with Crippen LogP contribution in [0.25, 0.3) is 11.1 Å². The van der Waals surface area contributed by atoms with Gasteiger partial charge in [-0.2, -0.15) is 0 Å². The third-order valence-electron chi connectivity index (χ3n) is 4.53. The predicted molar refractivity (Wildman–Crippen MR) is 101 cm³/mol. The minimum atomic E-state index is -0.504. The summed E-state index contributed by atoms with van der Waals surface area (Å²) < 4.78 is 11.5. The second kappa shape index (κ2) is 6.98. The Morgan fingerprint density at radius 2 is 1.85 bits per heavy atom. The van der Waals surface area contributed by atoms with Crippen molar-refractivity contribution in [2.75, 3.05) is 13.7 Å². The quantitative estimate of drug-likeness (QED) is 0.792. The molecule has 1 aliphatic rings. The highest BCUT2D eigenvalue weighted by Gasteiger charge is 2.50. The number of rotatable bonds is 5. The monoisotopic (exact) mass is 354 g/mol. The maximum absolute atomic E-state index is 12.3. The van der Waals surface area contributed by atoms with Gasteiger partial charge in [0.2, 0.25) is 0 Å². The molecule has 0 atom stereocenters. The van der Waals surface area contributed by atoms with E-state index in [2.05, 4.69) is 4.98 Å². The minimum Gasteiger partial charge on any atom is -0.490 e. The Kier molecular flexibility index (Phi) is 4.90. The third-order valence-corrected chi connectivity index (χ3v) is 4.53. The average molecular weight is 354 g/mol. The molecule has 1 saturated carbocycles. The van der Waals surface area contributed by atoms with E-state index >= 15 is 0 Å². The number of carbonyl (C=O) groups is 1. The van der Waals surface area contributed by atoms with E-state index in [4.69, 9.17) is 9.47 Å². The smallest absolute Gasteiger partial charge is 0.410 e. The molecular formula is C21H26N2O3. The van der Waals surface area contributed by atoms with E-state index in [0.29, 0.717) is 12.4 Å². The first-order chi connectivity index (χ1) is 12.3. The standard InChI is InChI=1S/C21H26N2O3/c1-20(2,3)26-19(24)23(4)21(10-11-21)15-25-18-12-17(13-22-14-18)16-8-6-5-7-9-16/h5-9,12-14H,10-11,15H2,1-4H3. The summed E-state index contributed by atoms with van der Waals surface area (Å²) in [6.45, 7) is 6.04. The highest BCUT2D eigenvalue weighted by atomic mass is 16.6. The Bertz CT molecular complexity index is 764. The average Bonchev–Trinajstić information content (AvgIpc) is 3.40. The molecule has 1 aromatic carbocycles. The Balaban J connectivity index is 1.65. The van der Waals surface area contributed by atoms with Crippen molar-refractivity contribution in [2.45, 2.75) is 44.8 Å². The number of likely N-dealkylation sites (N-methyl/N-ethyl adjacent to an activating group) is 1. The molecule has 1 aromatic heterocycles. The van der Waals surface area contributed by atoms with Gasteiger partial charge in [-0.3, -0.25) is 4.98 Å². The maximum Gasteiger partial charge on any atom is 0.410 e. The first-order valence-electron chi connectivity index (χ1n) is 8.89. The van der Waals surface area contributed by atoms with Crippen molar-refractivity contribution in [3.8, 4) is 16.9 Å². The first-order valence-corrected chi connectivity index (χ1v) is 8.89. The van der Waals surface area contributed by atoms with E-state index in [9.17, 15) is 4.79 Å². The molecule has 1 amide bonds. The molecule has 1 fully saturated rings. The number of pyridine rings is 1. The number of aromatic nitrogens is 1. The molecule has 2 aromatic rings. The number of nitrogens with zero attached hydrogens (tertiary/aromatic N) is 2. The summed E-state index contributed by atoms with van der Waals surface area (Å²) >= 11 is 0. The van der Waals surface area contributed by atoms with E-state index in [1.54, 1.807) is 18.1 Å². The van der Waals surface area contributed by atoms with Crippen LogP contribution in [0.15, 0.2) is 48.8 Å². The topological polar surface area (TPSA) is 51.7 Å². The number of amides is 1. The van der Waals surface area contributed by atoms with Crippen LogP contribution >= 0.6 is 0 Å². The van der Waals surface area contributed by atoms with Crippen LogP contribution in [0.4, 0.5) is 4.79 Å². The lowest BCUT2D eigenvalue weighted by molar-refractivity contribution is 0.0139. The number of carbonyl (C=O) groups excluding carboxylic acids is 1. The second-order valence-corrected chi connectivity index (χ2v) is 7.83. The molecule has 26 heavy (non-hydrogen) atoms. The first kappa shape index (κ1) is 18.2. The summed E-state index contributed by atoms with van der Waals surface area (Å²) in [6.07, 6.45) is 5.04. The normalized spacial score (nSPS) is 15.2. The fourth-order valence-corrected chi connectivity index (χ4v) is 2.75. The summed E-state index contributed by atoms with van der Waals surface area (Å²) in [5, 5.41) is 0. The molecule has 138 valence electrons. The second-order valence-electron chi connectivity index (χ2n) is 7.83. The lowest BCUT2D eigenvalue weighted by Crippen LogP contribution is -2.45. The summed E-state index contributed by atoms with van der Waals surface area (Å²) in [5.74, 6) is 0.704. The fraction of sp³-hybridized carbons (Fsp3) is 0.429. The van der Waals surface area contributed by atoms with Crippen LogP contribution in [0.5, 0.6) is 5.75 Å². The van der Waals surface area contributed by atoms with Crippen LogP contribution in [0.2, 0.25) is 0 Å². The van der Waals surface area contributed by atoms with Gasteiger partial charge in [-0.05, 0) is 45.2 Å². The molecular weight excluding hydrogens is 328 g/mol. The number of hydrogen-bond donors (Lipinski definition) is 0. The Labute approximate surface area is 155 Å². The zero-order valence-corrected chi connectivity index (χ0v) is 15.9. The lowest BCUT2D eigenvalue weighted by Gasteiger charge is -2.30. The molecule has 1 heterocycles. The van der Waals surface area contributed by atoms with Gasteiger partial charge < -0.3 is 14.4 Å². The van der Waals surface area contributed by atoms with Gasteiger partial charge in [0.05, 0.1) is 11.7 Å². The molecule has 5 heteroatoms. The van der Waals surface area contributed by atoms with Gasteiger partial charge in [-0.15, -0.1) is 0 Å². The van der Waals surface area contributed by atoms with E-state index in [1.165, 1.54) is 0 Å². The molecule has 0 radical (unpaired) electrons. The van der Waals surface area contributed by atoms with Gasteiger partial charge in [-0.1, -0.05) is 30.3 Å². The van der Waals surface area contributed by atoms with E-state index in [1.807, 2.05) is 63.4 Å². The van der Waals surface area contributed by atoms with Crippen LogP contribution in [0, 0.1) is 0 Å². The van der Waals surface area contributed by atoms with Crippen LogP contribution in [0.3, 0.4) is 0 Å². The maximum atomic E-state index is 12.3. The summed E-state index contributed by atoms with van der Waals surface area (Å²) in [5.41, 5.74) is 1.31. The molecule has 0 spiro atoms. The van der Waals surface area contributed by atoms with E-state index in [-0.39, 0.29) is 11.6 Å². The predicted octanol–water partition coefficient (Wildman–Crippen LogP) is 4.53. The molecule has 5 nitrogen and oxygen atoms in total. The molecule has 3 rings (SSSR count). The summed E-state index contributed by atoms with van der Waals surface area (Å²) in [6, 6.07) is 12.0. The van der Waals surface area contributed by atoms with Gasteiger partial charge >= 0.3 is 6.09 Å². The third kappa shape index (κ3) is 4.34. The number of ether oxygens (including phenoxy) is 2. The molecule has 0 unspecified atom stereocenters. The molecule has 1 aliphatic carbocycles. The minimum absolute atomic E-state index is 0.287. The van der Waals surface area contributed by atoms with Crippen molar-refractivity contribution in [3.05, 3.63) is 48.8 Å². The highest BCUT2D eigenvalue weighted by molar-refractivity contribution is 5.69. The van der Waals surface area contributed by atoms with Gasteiger partial charge in [0.1, 0.15) is 18.0 Å². The van der Waals surface area contributed by atoms with E-state index < -0.39 is 5.60 Å². The molecule has 0 N–H and O–H groups in total. The molecule has 0 saturated heterocycles. The zero-order chi connectivity index (χ0) is 18.8. The van der Waals surface area contributed by atoms with Gasteiger partial charge in [-0.25, -0.2) is 4.79 Å². The van der Waals surface area contributed by atoms with Crippen LogP contribution < -0.4 is 4.74 Å². The zero-order valence-electron chi connectivity index (χ0n) is 15.9. The van der Waals surface area contributed by atoms with Crippen molar-refractivity contribution < 1.29 is 14.3 Å². The van der Waals surface area contributed by atoms with Crippen LogP contribution in [-0.2, 0) is 4.74 Å². The molecule has 0 bridgehead atoms. The lowest BCUT2D eigenvalue weighted by atomic mass is 10.1. The van der Waals surface area contributed by atoms with Crippen LogP contribution in [-0.4, -0.2) is 40.8 Å². The van der Waals surface area contributed by atoms with Crippen molar-refractivity contribution >= 4 is 6.09 Å². The van der Waals surface area contributed by atoms with Crippen molar-refractivity contribution in [2.24, 2.45) is 0 Å². The Morgan fingerprint density at radius 3 is 2.46 bits per heavy atom. The number of hydrogen-bond acceptors (Lipinski definition) is 4. The van der Waals surface area contributed by atoms with Crippen molar-refractivity contribution in [1.29, 1.82) is 0 Å². The largest absolute Gasteiger partial charge is 0.490 e. The summed E-state index contributed by atoms with van der Waals surface area (Å²) in [4.78, 5) is 18.3. The highest BCUT2D eigenvalue weighted by Crippen LogP contribution is 2.42. The van der Waals surface area contributed by atoms with Crippen molar-refractivity contribution in [3.63, 3.8) is 0 Å². The molecule has 0 aliphatic heterocycles. The van der Waals surface area contributed by atoms with Crippen molar-refractivity contribution in [1.82, 2.24) is 9.88 Å². The summed E-state index contributed by atoms with van der Waals surface area (Å²) in [7, 11) is 1.78.